The quantitative estimate of drug-likeness (QED) is 0.630. The van der Waals surface area contributed by atoms with E-state index in [-0.39, 0.29) is 23.5 Å². The Hall–Kier alpha value is -3.14. The Morgan fingerprint density at radius 1 is 1.39 bits per heavy atom. The number of benzene rings is 1. The van der Waals surface area contributed by atoms with Gasteiger partial charge in [0.1, 0.15) is 0 Å². The summed E-state index contributed by atoms with van der Waals surface area (Å²) in [6, 6.07) is 4.10. The van der Waals surface area contributed by atoms with E-state index < -0.39 is 11.8 Å². The van der Waals surface area contributed by atoms with Crippen molar-refractivity contribution >= 4 is 18.3 Å². The minimum Gasteiger partial charge on any atom is -0.494 e. The molecule has 1 aliphatic rings. The van der Waals surface area contributed by atoms with E-state index in [1.165, 1.54) is 25.3 Å². The van der Waals surface area contributed by atoms with Gasteiger partial charge >= 0.3 is 5.97 Å². The van der Waals surface area contributed by atoms with Crippen LogP contribution in [0.3, 0.4) is 0 Å². The van der Waals surface area contributed by atoms with Gasteiger partial charge < -0.3 is 29.3 Å². The zero-order chi connectivity index (χ0) is 23.0. The molecule has 10 heteroatoms. The van der Waals surface area contributed by atoms with Crippen molar-refractivity contribution < 1.29 is 33.5 Å². The molecule has 0 atom stereocenters. The summed E-state index contributed by atoms with van der Waals surface area (Å²) >= 11 is 0. The van der Waals surface area contributed by atoms with E-state index in [9.17, 15) is 14.3 Å². The van der Waals surface area contributed by atoms with E-state index in [1.54, 1.807) is 0 Å². The number of hydrogen-bond acceptors (Lipinski definition) is 7. The Labute approximate surface area is 180 Å². The third kappa shape index (κ3) is 6.17. The number of carboxylic acid groups (broad SMARTS) is 2. The second-order valence-electron chi connectivity index (χ2n) is 7.49. The van der Waals surface area contributed by atoms with Crippen LogP contribution in [0.5, 0.6) is 5.75 Å². The molecule has 2 heterocycles. The molecule has 2 aromatic rings. The molecule has 170 valence electrons. The average molecular weight is 437 g/mol. The highest BCUT2D eigenvalue weighted by atomic mass is 19.1. The molecule has 0 unspecified atom stereocenters. The van der Waals surface area contributed by atoms with Crippen molar-refractivity contribution in [3.05, 3.63) is 29.6 Å². The molecule has 3 rings (SSSR count). The molecule has 1 aliphatic heterocycles. The van der Waals surface area contributed by atoms with Crippen LogP contribution in [0.25, 0.3) is 11.3 Å². The normalized spacial score (nSPS) is 14.2. The summed E-state index contributed by atoms with van der Waals surface area (Å²) < 4.78 is 24.1. The minimum atomic E-state index is -1.12. The molecule has 1 fully saturated rings. The van der Waals surface area contributed by atoms with Crippen LogP contribution >= 0.6 is 0 Å². The summed E-state index contributed by atoms with van der Waals surface area (Å²) in [5, 5.41) is 20.7. The fraction of sp³-hybridized carbons (Fsp3) is 0.476. The van der Waals surface area contributed by atoms with Crippen LogP contribution in [-0.2, 0) is 4.79 Å². The van der Waals surface area contributed by atoms with E-state index in [2.05, 4.69) is 24.2 Å². The molecule has 1 aromatic heterocycles. The van der Waals surface area contributed by atoms with Crippen molar-refractivity contribution in [2.75, 3.05) is 45.7 Å². The number of aromatic nitrogens is 1. The molecule has 0 amide bonds. The Morgan fingerprint density at radius 3 is 2.58 bits per heavy atom. The van der Waals surface area contributed by atoms with Crippen molar-refractivity contribution in [2.45, 2.75) is 19.3 Å². The van der Waals surface area contributed by atoms with E-state index in [1.807, 2.05) is 4.90 Å². The summed E-state index contributed by atoms with van der Waals surface area (Å²) in [4.78, 5) is 24.4. The Bertz CT molecular complexity index is 878. The van der Waals surface area contributed by atoms with Gasteiger partial charge in [-0.05, 0) is 64.0 Å². The largest absolute Gasteiger partial charge is 0.494 e. The van der Waals surface area contributed by atoms with Gasteiger partial charge in [0, 0.05) is 18.7 Å². The number of piperidine rings is 1. The molecule has 9 nitrogen and oxygen atoms in total. The number of methoxy groups -OCH3 is 1. The van der Waals surface area contributed by atoms with Crippen LogP contribution in [0, 0.1) is 11.7 Å². The summed E-state index contributed by atoms with van der Waals surface area (Å²) in [6.45, 7) is 2.26. The van der Waals surface area contributed by atoms with Gasteiger partial charge in [-0.3, -0.25) is 4.79 Å². The zero-order valence-corrected chi connectivity index (χ0v) is 17.9. The van der Waals surface area contributed by atoms with Crippen molar-refractivity contribution in [3.63, 3.8) is 0 Å². The number of carboxylic acids is 1. The Morgan fingerprint density at radius 2 is 2.03 bits per heavy atom. The second kappa shape index (κ2) is 11.3. The molecule has 1 saturated heterocycles. The van der Waals surface area contributed by atoms with Crippen molar-refractivity contribution in [3.8, 4) is 17.1 Å². The van der Waals surface area contributed by atoms with Crippen LogP contribution in [0.15, 0.2) is 22.7 Å². The van der Waals surface area contributed by atoms with Crippen molar-refractivity contribution in [1.29, 1.82) is 0 Å². The number of carbonyl (C=O) groups is 2. The van der Waals surface area contributed by atoms with Gasteiger partial charge in [-0.15, -0.1) is 0 Å². The van der Waals surface area contributed by atoms with E-state index in [0.717, 1.165) is 38.9 Å². The molecule has 31 heavy (non-hydrogen) atoms. The van der Waals surface area contributed by atoms with Crippen LogP contribution in [-0.4, -0.2) is 73.6 Å². The first kappa shape index (κ1) is 24.1. The topological polar surface area (TPSA) is 116 Å². The maximum atomic E-state index is 13.7. The van der Waals surface area contributed by atoms with Crippen LogP contribution < -0.4 is 9.64 Å². The smallest absolute Gasteiger partial charge is 0.343 e. The molecule has 1 aromatic carbocycles. The lowest BCUT2D eigenvalue weighted by molar-refractivity contribution is -0.122. The Kier molecular flexibility index (Phi) is 8.80. The van der Waals surface area contributed by atoms with Gasteiger partial charge in [-0.25, -0.2) is 9.18 Å². The van der Waals surface area contributed by atoms with Gasteiger partial charge in [-0.2, -0.15) is 0 Å². The number of hydrogen-bond donors (Lipinski definition) is 2. The SMILES string of the molecule is COc1cc(-c2onc(N3CCC(CCN(C)C)CC3)c2C(=O)O)ccc1F.O=CO. The van der Waals surface area contributed by atoms with Gasteiger partial charge in [0.05, 0.1) is 7.11 Å². The number of ether oxygens (including phenoxy) is 1. The average Bonchev–Trinajstić information content (AvgIpc) is 3.19. The molecule has 0 saturated carbocycles. The summed E-state index contributed by atoms with van der Waals surface area (Å²) in [5.74, 6) is -0.563. The van der Waals surface area contributed by atoms with Gasteiger partial charge in [-0.1, -0.05) is 5.16 Å². The lowest BCUT2D eigenvalue weighted by Gasteiger charge is -2.32. The first-order chi connectivity index (χ1) is 14.8. The molecular formula is C21H28FN3O6. The summed E-state index contributed by atoms with van der Waals surface area (Å²) in [6.07, 6.45) is 3.10. The standard InChI is InChI=1S/C20H26FN3O4.CH2O2/c1-23(2)9-6-13-7-10-24(11-8-13)19-17(20(25)26)18(28-22-19)14-4-5-15(21)16(12-14)27-3;2-1-3/h4-5,12-13H,6-11H2,1-3H3,(H,25,26);1H,(H,2,3). The summed E-state index contributed by atoms with van der Waals surface area (Å²) in [5.41, 5.74) is 0.413. The molecule has 0 radical (unpaired) electrons. The summed E-state index contributed by atoms with van der Waals surface area (Å²) in [7, 11) is 5.48. The highest BCUT2D eigenvalue weighted by Gasteiger charge is 2.30. The van der Waals surface area contributed by atoms with Crippen molar-refractivity contribution in [1.82, 2.24) is 10.1 Å². The lowest BCUT2D eigenvalue weighted by Crippen LogP contribution is -2.35. The number of nitrogens with zero attached hydrogens (tertiary/aromatic N) is 3. The Balaban J connectivity index is 0.00000107. The van der Waals surface area contributed by atoms with E-state index in [4.69, 9.17) is 19.2 Å². The van der Waals surface area contributed by atoms with Gasteiger partial charge in [0.25, 0.3) is 6.47 Å². The van der Waals surface area contributed by atoms with E-state index in [0.29, 0.717) is 17.3 Å². The van der Waals surface area contributed by atoms with E-state index >= 15 is 0 Å². The number of anilines is 1. The second-order valence-corrected chi connectivity index (χ2v) is 7.49. The molecular weight excluding hydrogens is 409 g/mol. The fourth-order valence-electron chi connectivity index (χ4n) is 3.56. The molecule has 0 spiro atoms. The molecule has 2 N–H and O–H groups in total. The number of halogens is 1. The monoisotopic (exact) mass is 437 g/mol. The van der Waals surface area contributed by atoms with Crippen molar-refractivity contribution in [2.24, 2.45) is 5.92 Å². The zero-order valence-electron chi connectivity index (χ0n) is 17.9. The maximum absolute atomic E-state index is 13.7. The van der Waals surface area contributed by atoms with Crippen LogP contribution in [0.2, 0.25) is 0 Å². The third-order valence-electron chi connectivity index (χ3n) is 5.20. The van der Waals surface area contributed by atoms with Gasteiger partial charge in [0.15, 0.2) is 28.7 Å². The van der Waals surface area contributed by atoms with Gasteiger partial charge in [0.2, 0.25) is 0 Å². The highest BCUT2D eigenvalue weighted by molar-refractivity contribution is 5.99. The third-order valence-corrected chi connectivity index (χ3v) is 5.20. The first-order valence-corrected chi connectivity index (χ1v) is 9.86. The maximum Gasteiger partial charge on any atom is 0.343 e. The highest BCUT2D eigenvalue weighted by Crippen LogP contribution is 2.35. The van der Waals surface area contributed by atoms with Crippen LogP contribution in [0.1, 0.15) is 29.6 Å². The lowest BCUT2D eigenvalue weighted by atomic mass is 9.93. The predicted molar refractivity (Wildman–Crippen MR) is 112 cm³/mol. The predicted octanol–water partition coefficient (Wildman–Crippen LogP) is 3.06. The molecule has 0 aliphatic carbocycles. The minimum absolute atomic E-state index is 0.000373. The number of aromatic carboxylic acids is 1. The first-order valence-electron chi connectivity index (χ1n) is 9.86. The molecule has 0 bridgehead atoms. The van der Waals surface area contributed by atoms with Crippen LogP contribution in [0.4, 0.5) is 10.2 Å². The number of rotatable bonds is 7. The fourth-order valence-corrected chi connectivity index (χ4v) is 3.56.